The van der Waals surface area contributed by atoms with Crippen molar-refractivity contribution < 1.29 is 8.42 Å². The van der Waals surface area contributed by atoms with Gasteiger partial charge in [0.15, 0.2) is 5.82 Å². The molecule has 0 aliphatic rings. The number of tetrazole rings is 1. The molecule has 13 heavy (non-hydrogen) atoms. The van der Waals surface area contributed by atoms with Gasteiger partial charge in [-0.2, -0.15) is 5.21 Å². The molecule has 2 N–H and O–H groups in total. The van der Waals surface area contributed by atoms with E-state index in [9.17, 15) is 8.42 Å². The number of sulfonamides is 1. The van der Waals surface area contributed by atoms with E-state index >= 15 is 0 Å². The zero-order valence-electron chi connectivity index (χ0n) is 7.19. The Morgan fingerprint density at radius 1 is 1.54 bits per heavy atom. The van der Waals surface area contributed by atoms with Crippen LogP contribution in [0.4, 0.5) is 0 Å². The van der Waals surface area contributed by atoms with Crippen molar-refractivity contribution in [1.29, 1.82) is 0 Å². The maximum absolute atomic E-state index is 11.0. The summed E-state index contributed by atoms with van der Waals surface area (Å²) < 4.78 is 24.3. The molecule has 0 saturated carbocycles. The normalized spacial score (nSPS) is 11.8. The van der Waals surface area contributed by atoms with Gasteiger partial charge in [0, 0.05) is 13.0 Å². The number of nitrogens with one attached hydrogen (secondary N) is 2. The van der Waals surface area contributed by atoms with E-state index < -0.39 is 10.0 Å². The van der Waals surface area contributed by atoms with Crippen LogP contribution in [0.3, 0.4) is 0 Å². The zero-order valence-corrected chi connectivity index (χ0v) is 8.00. The van der Waals surface area contributed by atoms with Crippen LogP contribution in [0.2, 0.25) is 0 Å². The Labute approximate surface area is 76.0 Å². The Hall–Kier alpha value is -1.02. The van der Waals surface area contributed by atoms with Crippen LogP contribution in [0.5, 0.6) is 0 Å². The average molecular weight is 205 g/mol. The minimum atomic E-state index is -3.11. The quantitative estimate of drug-likeness (QED) is 0.621. The first kappa shape index (κ1) is 10.1. The molecule has 1 rings (SSSR count). The molecule has 7 nitrogen and oxygen atoms in total. The van der Waals surface area contributed by atoms with Crippen LogP contribution in [-0.4, -0.2) is 41.3 Å². The minimum Gasteiger partial charge on any atom is -0.215 e. The molecule has 1 aromatic heterocycles. The first-order valence-electron chi connectivity index (χ1n) is 3.83. The molecule has 0 bridgehead atoms. The second-order valence-electron chi connectivity index (χ2n) is 2.38. The number of H-pyrrole nitrogens is 1. The molecule has 1 heterocycles. The molecule has 0 atom stereocenters. The summed E-state index contributed by atoms with van der Waals surface area (Å²) in [6.45, 7) is 1.88. The highest BCUT2D eigenvalue weighted by Gasteiger charge is 2.05. The summed E-state index contributed by atoms with van der Waals surface area (Å²) in [5.41, 5.74) is 0. The minimum absolute atomic E-state index is 0.0826. The van der Waals surface area contributed by atoms with E-state index in [4.69, 9.17) is 0 Å². The highest BCUT2D eigenvalue weighted by atomic mass is 32.2. The zero-order chi connectivity index (χ0) is 9.73. The molecule has 0 aliphatic carbocycles. The molecule has 0 amide bonds. The van der Waals surface area contributed by atoms with Crippen molar-refractivity contribution >= 4 is 10.0 Å². The first-order chi connectivity index (χ1) is 6.14. The topological polar surface area (TPSA) is 101 Å². The first-order valence-corrected chi connectivity index (χ1v) is 5.49. The number of aromatic nitrogens is 4. The van der Waals surface area contributed by atoms with Crippen LogP contribution in [-0.2, 0) is 16.4 Å². The van der Waals surface area contributed by atoms with Crippen LogP contribution < -0.4 is 4.72 Å². The smallest absolute Gasteiger partial charge is 0.211 e. The fourth-order valence-electron chi connectivity index (χ4n) is 0.709. The van der Waals surface area contributed by atoms with Crippen LogP contribution in [0.1, 0.15) is 12.7 Å². The fraction of sp³-hybridized carbons (Fsp3) is 0.800. The molecule has 8 heteroatoms. The van der Waals surface area contributed by atoms with Gasteiger partial charge in [0.25, 0.3) is 0 Å². The Bertz CT molecular complexity index is 332. The molecule has 0 unspecified atom stereocenters. The second kappa shape index (κ2) is 4.28. The van der Waals surface area contributed by atoms with E-state index in [2.05, 4.69) is 25.3 Å². The lowest BCUT2D eigenvalue weighted by atomic mass is 10.4. The summed E-state index contributed by atoms with van der Waals surface area (Å²) >= 11 is 0. The Balaban J connectivity index is 2.30. The van der Waals surface area contributed by atoms with Gasteiger partial charge < -0.3 is 0 Å². The van der Waals surface area contributed by atoms with E-state index in [-0.39, 0.29) is 5.75 Å². The Kier molecular flexibility index (Phi) is 3.32. The van der Waals surface area contributed by atoms with Crippen LogP contribution in [0, 0.1) is 0 Å². The van der Waals surface area contributed by atoms with Gasteiger partial charge in [0.05, 0.1) is 5.75 Å². The molecule has 0 spiro atoms. The number of rotatable bonds is 5. The van der Waals surface area contributed by atoms with Gasteiger partial charge in [-0.15, -0.1) is 10.2 Å². The highest BCUT2D eigenvalue weighted by Crippen LogP contribution is 1.86. The summed E-state index contributed by atoms with van der Waals surface area (Å²) in [7, 11) is -3.11. The predicted molar refractivity (Wildman–Crippen MR) is 45.3 cm³/mol. The van der Waals surface area contributed by atoms with Crippen molar-refractivity contribution in [3.05, 3.63) is 5.82 Å². The van der Waals surface area contributed by atoms with Crippen LogP contribution >= 0.6 is 0 Å². The maximum atomic E-state index is 11.0. The van der Waals surface area contributed by atoms with Gasteiger partial charge in [0.1, 0.15) is 0 Å². The summed E-state index contributed by atoms with van der Waals surface area (Å²) in [5, 5.41) is 13.0. The number of aromatic amines is 1. The van der Waals surface area contributed by atoms with E-state index in [1.165, 1.54) is 0 Å². The van der Waals surface area contributed by atoms with Crippen molar-refractivity contribution in [3.8, 4) is 0 Å². The maximum Gasteiger partial charge on any atom is 0.211 e. The molecule has 74 valence electrons. The molecule has 0 fully saturated rings. The van der Waals surface area contributed by atoms with Gasteiger partial charge in [-0.1, -0.05) is 5.21 Å². The van der Waals surface area contributed by atoms with Crippen LogP contribution in [0.15, 0.2) is 0 Å². The lowest BCUT2D eigenvalue weighted by Gasteiger charge is -2.00. The SMILES string of the molecule is CCS(=O)(=O)NCCc1nn[nH]n1. The second-order valence-corrected chi connectivity index (χ2v) is 4.47. The Morgan fingerprint density at radius 3 is 2.85 bits per heavy atom. The van der Waals surface area contributed by atoms with Gasteiger partial charge in [-0.3, -0.25) is 0 Å². The van der Waals surface area contributed by atoms with E-state index in [1.807, 2.05) is 0 Å². The third kappa shape index (κ3) is 3.47. The largest absolute Gasteiger partial charge is 0.215 e. The summed E-state index contributed by atoms with van der Waals surface area (Å²) in [4.78, 5) is 0. The monoisotopic (exact) mass is 205 g/mol. The molecular weight excluding hydrogens is 194 g/mol. The number of hydrogen-bond acceptors (Lipinski definition) is 5. The van der Waals surface area contributed by atoms with Crippen LogP contribution in [0.25, 0.3) is 0 Å². The highest BCUT2D eigenvalue weighted by molar-refractivity contribution is 7.89. The number of hydrogen-bond donors (Lipinski definition) is 2. The lowest BCUT2D eigenvalue weighted by Crippen LogP contribution is -2.27. The van der Waals surface area contributed by atoms with E-state index in [0.29, 0.717) is 18.8 Å². The predicted octanol–water partition coefficient (Wildman–Crippen LogP) is -1.32. The van der Waals surface area contributed by atoms with Crippen molar-refractivity contribution in [1.82, 2.24) is 25.3 Å². The molecule has 0 aliphatic heterocycles. The van der Waals surface area contributed by atoms with Crippen molar-refractivity contribution in [2.75, 3.05) is 12.3 Å². The summed E-state index contributed by atoms with van der Waals surface area (Å²) in [6.07, 6.45) is 0.440. The lowest BCUT2D eigenvalue weighted by molar-refractivity contribution is 0.582. The van der Waals surface area contributed by atoms with Crippen molar-refractivity contribution in [2.24, 2.45) is 0 Å². The molecule has 0 radical (unpaired) electrons. The van der Waals surface area contributed by atoms with Gasteiger partial charge in [0.2, 0.25) is 10.0 Å². The van der Waals surface area contributed by atoms with Crippen molar-refractivity contribution in [3.63, 3.8) is 0 Å². The Morgan fingerprint density at radius 2 is 2.31 bits per heavy atom. The molecule has 0 aromatic carbocycles. The van der Waals surface area contributed by atoms with Crippen molar-refractivity contribution in [2.45, 2.75) is 13.3 Å². The fourth-order valence-corrected chi connectivity index (χ4v) is 1.33. The van der Waals surface area contributed by atoms with Gasteiger partial charge in [-0.05, 0) is 6.92 Å². The third-order valence-corrected chi connectivity index (χ3v) is 2.84. The van der Waals surface area contributed by atoms with E-state index in [0.717, 1.165) is 0 Å². The molecular formula is C5H11N5O2S. The van der Waals surface area contributed by atoms with Gasteiger partial charge in [-0.25, -0.2) is 13.1 Å². The van der Waals surface area contributed by atoms with E-state index in [1.54, 1.807) is 6.92 Å². The van der Waals surface area contributed by atoms with Gasteiger partial charge >= 0.3 is 0 Å². The standard InChI is InChI=1S/C5H11N5O2S/c1-2-13(11,12)6-4-3-5-7-9-10-8-5/h6H,2-4H2,1H3,(H,7,8,9,10). The summed E-state index contributed by atoms with van der Waals surface area (Å²) in [6, 6.07) is 0. The summed E-state index contributed by atoms with van der Waals surface area (Å²) in [5.74, 6) is 0.581. The average Bonchev–Trinajstić information content (AvgIpc) is 2.57. The third-order valence-electron chi connectivity index (χ3n) is 1.44. The number of nitrogens with zero attached hydrogens (tertiary/aromatic N) is 3. The molecule has 0 saturated heterocycles. The molecule has 1 aromatic rings.